The number of hydrogen-bond acceptors (Lipinski definition) is 9. The molecule has 6 heterocycles. The molecule has 3 N–H and O–H groups in total. The average molecular weight is 952 g/mol. The topological polar surface area (TPSA) is 126 Å². The maximum Gasteiger partial charge on any atom is 0.304 e. The van der Waals surface area contributed by atoms with E-state index in [1.807, 2.05) is 40.5 Å². The molecule has 0 bridgehead atoms. The standard InChI is InChI=1S/C43H43Cl4N3O7S3/c1-48(15-4-2-6-35(51)29-23-49(33-10-8-25(44)20-31(33)46)40-27(29)12-17-56-37-14-19-58-42(37)40)16-5-3-7-36(52)30-24-50(34-11-9-26(45)21-32(34)47)41-28(30)13-18-57-38-22-39(59-43(38)41)60(53,54)55/h8-11,14,19-24,35-36,51-52H,2-7,12-13,15-18H2,1H3,(H,53,54,55). The first kappa shape index (κ1) is 43.6. The van der Waals surface area contributed by atoms with Crippen molar-refractivity contribution in [3.8, 4) is 44.0 Å². The van der Waals surface area contributed by atoms with Gasteiger partial charge < -0.3 is 33.7 Å². The lowest BCUT2D eigenvalue weighted by Gasteiger charge is -2.18. The van der Waals surface area contributed by atoms with E-state index in [2.05, 4.69) is 16.5 Å². The maximum absolute atomic E-state index is 12.1. The minimum atomic E-state index is -4.47. The van der Waals surface area contributed by atoms with Crippen LogP contribution in [-0.4, -0.2) is 70.6 Å². The van der Waals surface area contributed by atoms with Crippen LogP contribution >= 0.6 is 69.1 Å². The van der Waals surface area contributed by atoms with Crippen molar-refractivity contribution in [2.45, 2.75) is 67.8 Å². The first-order valence-corrected chi connectivity index (χ1v) is 24.3. The van der Waals surface area contributed by atoms with E-state index in [-0.39, 0.29) is 10.8 Å². The number of benzene rings is 2. The summed E-state index contributed by atoms with van der Waals surface area (Å²) in [5, 5.41) is 27.2. The molecule has 0 fully saturated rings. The van der Waals surface area contributed by atoms with Gasteiger partial charge in [0.15, 0.2) is 4.21 Å². The van der Waals surface area contributed by atoms with E-state index in [0.29, 0.717) is 80.0 Å². The van der Waals surface area contributed by atoms with Crippen molar-refractivity contribution < 1.29 is 32.7 Å². The zero-order valence-electron chi connectivity index (χ0n) is 32.5. The number of aliphatic hydroxyl groups excluding tert-OH is 2. The third kappa shape index (κ3) is 9.05. The summed E-state index contributed by atoms with van der Waals surface area (Å²) in [4.78, 5) is 3.82. The molecule has 0 spiro atoms. The van der Waals surface area contributed by atoms with Crippen LogP contribution in [0.15, 0.2) is 70.5 Å². The van der Waals surface area contributed by atoms with Crippen LogP contribution in [0.4, 0.5) is 0 Å². The molecule has 60 heavy (non-hydrogen) atoms. The molecule has 8 rings (SSSR count). The van der Waals surface area contributed by atoms with Gasteiger partial charge in [0.25, 0.3) is 0 Å². The highest BCUT2D eigenvalue weighted by atomic mass is 35.5. The van der Waals surface area contributed by atoms with Crippen molar-refractivity contribution in [3.05, 3.63) is 109 Å². The van der Waals surface area contributed by atoms with Crippen LogP contribution in [0.1, 0.15) is 73.0 Å². The highest BCUT2D eigenvalue weighted by molar-refractivity contribution is 7.88. The molecule has 2 aliphatic heterocycles. The summed E-state index contributed by atoms with van der Waals surface area (Å²) in [7, 11) is -2.37. The van der Waals surface area contributed by atoms with Gasteiger partial charge in [-0.2, -0.15) is 8.42 Å². The highest BCUT2D eigenvalue weighted by Gasteiger charge is 2.32. The zero-order valence-corrected chi connectivity index (χ0v) is 38.0. The Morgan fingerprint density at radius 3 is 1.77 bits per heavy atom. The molecule has 0 amide bonds. The van der Waals surface area contributed by atoms with E-state index in [9.17, 15) is 23.2 Å². The SMILES string of the molecule is CN(CCCCC(O)c1cn(-c2ccc(Cl)cc2Cl)c2c1CCOc1ccsc1-2)CCCCC(O)c1cn(-c2ccc(Cl)cc2Cl)c2c1CCOc1cc(S(=O)(=O)O)sc1-2. The van der Waals surface area contributed by atoms with Gasteiger partial charge in [0.05, 0.1) is 68.0 Å². The number of rotatable bonds is 15. The van der Waals surface area contributed by atoms with Crippen molar-refractivity contribution in [2.75, 3.05) is 33.4 Å². The van der Waals surface area contributed by atoms with Gasteiger partial charge in [-0.3, -0.25) is 4.55 Å². The van der Waals surface area contributed by atoms with Gasteiger partial charge in [-0.15, -0.1) is 22.7 Å². The van der Waals surface area contributed by atoms with Gasteiger partial charge in [-0.1, -0.05) is 46.4 Å². The number of hydrogen-bond donors (Lipinski definition) is 3. The van der Waals surface area contributed by atoms with Crippen molar-refractivity contribution in [1.82, 2.24) is 14.0 Å². The summed E-state index contributed by atoms with van der Waals surface area (Å²) in [6.07, 6.45) is 8.12. The van der Waals surface area contributed by atoms with Crippen LogP contribution in [0, 0.1) is 0 Å². The molecule has 0 saturated heterocycles. The molecule has 0 saturated carbocycles. The molecule has 4 aromatic heterocycles. The van der Waals surface area contributed by atoms with Gasteiger partial charge >= 0.3 is 10.1 Å². The number of fused-ring (bicyclic) bond motifs is 6. The molecule has 2 aromatic carbocycles. The number of aromatic nitrogens is 2. The molecule has 10 nitrogen and oxygen atoms in total. The summed E-state index contributed by atoms with van der Waals surface area (Å²) in [6, 6.07) is 13.9. The predicted octanol–water partition coefficient (Wildman–Crippen LogP) is 11.5. The zero-order chi connectivity index (χ0) is 42.3. The van der Waals surface area contributed by atoms with Gasteiger partial charge in [0.1, 0.15) is 11.5 Å². The Hall–Kier alpha value is -3.05. The van der Waals surface area contributed by atoms with Gasteiger partial charge in [0.2, 0.25) is 0 Å². The minimum absolute atomic E-state index is 0.227. The van der Waals surface area contributed by atoms with E-state index < -0.39 is 22.3 Å². The van der Waals surface area contributed by atoms with E-state index in [0.717, 1.165) is 88.8 Å². The predicted molar refractivity (Wildman–Crippen MR) is 242 cm³/mol. The highest BCUT2D eigenvalue weighted by Crippen LogP contribution is 2.48. The van der Waals surface area contributed by atoms with E-state index in [4.69, 9.17) is 55.9 Å². The van der Waals surface area contributed by atoms with Crippen LogP contribution in [0.2, 0.25) is 20.1 Å². The van der Waals surface area contributed by atoms with Crippen molar-refractivity contribution in [3.63, 3.8) is 0 Å². The second-order valence-corrected chi connectivity index (χ2v) is 20.4. The Balaban J connectivity index is 0.888. The lowest BCUT2D eigenvalue weighted by molar-refractivity contribution is 0.158. The van der Waals surface area contributed by atoms with Crippen LogP contribution in [0.3, 0.4) is 0 Å². The molecule has 0 radical (unpaired) electrons. The minimum Gasteiger partial charge on any atom is -0.492 e. The maximum atomic E-state index is 12.1. The molecule has 318 valence electrons. The van der Waals surface area contributed by atoms with Crippen molar-refractivity contribution >= 4 is 79.2 Å². The Labute approximate surface area is 377 Å². The van der Waals surface area contributed by atoms with Gasteiger partial charge in [-0.25, -0.2) is 0 Å². The number of aliphatic hydroxyl groups is 2. The van der Waals surface area contributed by atoms with Crippen molar-refractivity contribution in [1.29, 1.82) is 0 Å². The Kier molecular flexibility index (Phi) is 13.3. The van der Waals surface area contributed by atoms with E-state index in [1.54, 1.807) is 35.6 Å². The van der Waals surface area contributed by atoms with Gasteiger partial charge in [0, 0.05) is 52.5 Å². The van der Waals surface area contributed by atoms with Crippen LogP contribution in [0.25, 0.3) is 32.5 Å². The molecule has 17 heteroatoms. The average Bonchev–Trinajstić information content (AvgIpc) is 3.96. The monoisotopic (exact) mass is 949 g/mol. The number of ether oxygens (including phenoxy) is 2. The summed E-state index contributed by atoms with van der Waals surface area (Å²) < 4.78 is 49.7. The molecule has 2 atom stereocenters. The lowest BCUT2D eigenvalue weighted by atomic mass is 9.99. The van der Waals surface area contributed by atoms with E-state index in [1.165, 1.54) is 6.07 Å². The normalized spacial score (nSPS) is 14.7. The number of thiophene rings is 2. The fourth-order valence-electron chi connectivity index (χ4n) is 8.18. The summed E-state index contributed by atoms with van der Waals surface area (Å²) in [6.45, 7) is 2.50. The van der Waals surface area contributed by atoms with Crippen LogP contribution in [0.5, 0.6) is 11.5 Å². The molecule has 6 aromatic rings. The number of nitrogens with zero attached hydrogens (tertiary/aromatic N) is 3. The first-order valence-electron chi connectivity index (χ1n) is 19.7. The summed E-state index contributed by atoms with van der Waals surface area (Å²) in [5.74, 6) is 1.18. The van der Waals surface area contributed by atoms with Crippen LogP contribution in [-0.2, 0) is 23.0 Å². The third-order valence-corrected chi connectivity index (χ3v) is 15.5. The third-order valence-electron chi connectivity index (χ3n) is 11.1. The first-order chi connectivity index (χ1) is 28.8. The number of unbranched alkanes of at least 4 members (excludes halogenated alkanes) is 2. The molecule has 0 aliphatic carbocycles. The quantitative estimate of drug-likeness (QED) is 0.0686. The lowest BCUT2D eigenvalue weighted by Crippen LogP contribution is -2.21. The Morgan fingerprint density at radius 1 is 0.733 bits per heavy atom. The fourth-order valence-corrected chi connectivity index (χ4v) is 11.9. The second-order valence-electron chi connectivity index (χ2n) is 15.1. The molecular weight excluding hydrogens is 908 g/mol. The molecule has 2 unspecified atom stereocenters. The van der Waals surface area contributed by atoms with Crippen molar-refractivity contribution in [2.24, 2.45) is 0 Å². The Morgan fingerprint density at radius 2 is 1.25 bits per heavy atom. The van der Waals surface area contributed by atoms with Crippen LogP contribution < -0.4 is 9.47 Å². The van der Waals surface area contributed by atoms with Gasteiger partial charge in [-0.05, 0) is 118 Å². The smallest absolute Gasteiger partial charge is 0.304 e. The second kappa shape index (κ2) is 18.4. The molecule has 2 aliphatic rings. The Bertz CT molecular complexity index is 2640. The van der Waals surface area contributed by atoms with E-state index >= 15 is 0 Å². The summed E-state index contributed by atoms with van der Waals surface area (Å²) in [5.41, 5.74) is 6.59. The molecular formula is C43H43Cl4N3O7S3. The largest absolute Gasteiger partial charge is 0.492 e. The fraction of sp³-hybridized carbons (Fsp3) is 0.349. The number of halogens is 4. The summed E-state index contributed by atoms with van der Waals surface area (Å²) >= 11 is 28.4.